The number of hydrogen-bond acceptors (Lipinski definition) is 5. The summed E-state index contributed by atoms with van der Waals surface area (Å²) in [5.74, 6) is -1.88. The predicted octanol–water partition coefficient (Wildman–Crippen LogP) is 2.47. The summed E-state index contributed by atoms with van der Waals surface area (Å²) in [5.41, 5.74) is 0.707. The minimum atomic E-state index is -3.85. The summed E-state index contributed by atoms with van der Waals surface area (Å²) in [4.78, 5) is 30.1. The van der Waals surface area contributed by atoms with Crippen molar-refractivity contribution in [3.8, 4) is 0 Å². The van der Waals surface area contributed by atoms with Crippen molar-refractivity contribution in [1.82, 2.24) is 19.9 Å². The third kappa shape index (κ3) is 6.38. The van der Waals surface area contributed by atoms with Crippen molar-refractivity contribution < 1.29 is 22.4 Å². The Bertz CT molecular complexity index is 1080. The molecule has 2 amide bonds. The smallest absolute Gasteiger partial charge is 0.243 e. The number of sulfonamides is 1. The Labute approximate surface area is 200 Å². The Hall–Kier alpha value is -2.85. The molecule has 34 heavy (non-hydrogen) atoms. The van der Waals surface area contributed by atoms with Crippen LogP contribution < -0.4 is 10.6 Å². The first-order valence-corrected chi connectivity index (χ1v) is 12.9. The summed E-state index contributed by atoms with van der Waals surface area (Å²) in [6.45, 7) is 4.36. The number of benzene rings is 1. The number of carbonyl (C=O) groups excluding carboxylic acids is 2. The molecule has 0 saturated carbocycles. The minimum Gasteiger partial charge on any atom is -0.349 e. The number of nitrogens with one attached hydrogen (secondary N) is 2. The third-order valence-corrected chi connectivity index (χ3v) is 8.05. The molecular formula is C24H31FN4O4S. The summed E-state index contributed by atoms with van der Waals surface area (Å²) in [7, 11) is -3.85. The highest BCUT2D eigenvalue weighted by atomic mass is 32.2. The second kappa shape index (κ2) is 11.5. The lowest BCUT2D eigenvalue weighted by atomic mass is 9.94. The molecule has 3 atom stereocenters. The lowest BCUT2D eigenvalue weighted by molar-refractivity contribution is -0.133. The lowest BCUT2D eigenvalue weighted by Crippen LogP contribution is -2.53. The normalized spacial score (nSPS) is 18.6. The quantitative estimate of drug-likeness (QED) is 0.561. The lowest BCUT2D eigenvalue weighted by Gasteiger charge is -2.32. The van der Waals surface area contributed by atoms with Crippen molar-refractivity contribution in [3.63, 3.8) is 0 Å². The van der Waals surface area contributed by atoms with Gasteiger partial charge in [-0.1, -0.05) is 26.3 Å². The van der Waals surface area contributed by atoms with Gasteiger partial charge < -0.3 is 10.6 Å². The first-order valence-electron chi connectivity index (χ1n) is 11.5. The number of halogens is 1. The highest BCUT2D eigenvalue weighted by Gasteiger charge is 2.35. The van der Waals surface area contributed by atoms with E-state index in [1.807, 2.05) is 19.9 Å². The standard InChI is InChI=1S/C24H31FN4O4S/c1-3-17(2)22(24(31)27-15-20-8-4-5-13-26-20)28-23(30)18-7-6-14-29(16-18)34(32,33)21-11-9-19(25)10-12-21/h4-5,8-13,17-18,22H,3,6-7,14-16H2,1-2H3,(H,27,31)(H,28,30)/t17?,18?,22-/m0/s1. The number of amides is 2. The SMILES string of the molecule is CCC(C)[C@H](NC(=O)C1CCCN(S(=O)(=O)c2ccc(F)cc2)C1)C(=O)NCc1ccccn1. The summed E-state index contributed by atoms with van der Waals surface area (Å²) in [5, 5.41) is 5.68. The molecule has 184 valence electrons. The van der Waals surface area contributed by atoms with Gasteiger partial charge in [0.2, 0.25) is 21.8 Å². The Morgan fingerprint density at radius 1 is 1.21 bits per heavy atom. The van der Waals surface area contributed by atoms with E-state index >= 15 is 0 Å². The van der Waals surface area contributed by atoms with E-state index in [1.165, 1.54) is 16.4 Å². The molecule has 0 bridgehead atoms. The van der Waals surface area contributed by atoms with E-state index in [0.717, 1.165) is 12.1 Å². The molecule has 10 heteroatoms. The van der Waals surface area contributed by atoms with Crippen LogP contribution in [0.2, 0.25) is 0 Å². The van der Waals surface area contributed by atoms with E-state index in [0.29, 0.717) is 25.0 Å². The molecule has 1 aromatic heterocycles. The molecule has 0 radical (unpaired) electrons. The molecule has 0 aliphatic carbocycles. The van der Waals surface area contributed by atoms with E-state index in [1.54, 1.807) is 18.3 Å². The first kappa shape index (κ1) is 25.8. The van der Waals surface area contributed by atoms with Crippen LogP contribution in [0.1, 0.15) is 38.8 Å². The third-order valence-electron chi connectivity index (χ3n) is 6.17. The average molecular weight is 491 g/mol. The van der Waals surface area contributed by atoms with Crippen molar-refractivity contribution in [2.45, 2.75) is 50.6 Å². The monoisotopic (exact) mass is 490 g/mol. The highest BCUT2D eigenvalue weighted by Crippen LogP contribution is 2.24. The second-order valence-electron chi connectivity index (χ2n) is 8.57. The van der Waals surface area contributed by atoms with Gasteiger partial charge in [-0.15, -0.1) is 0 Å². The molecule has 1 fully saturated rings. The number of aromatic nitrogens is 1. The van der Waals surface area contributed by atoms with Gasteiger partial charge >= 0.3 is 0 Å². The molecule has 1 aliphatic heterocycles. The van der Waals surface area contributed by atoms with E-state index in [2.05, 4.69) is 15.6 Å². The van der Waals surface area contributed by atoms with Crippen molar-refractivity contribution in [2.75, 3.05) is 13.1 Å². The van der Waals surface area contributed by atoms with Crippen LogP contribution in [0.5, 0.6) is 0 Å². The largest absolute Gasteiger partial charge is 0.349 e. The molecule has 2 aromatic rings. The zero-order valence-corrected chi connectivity index (χ0v) is 20.2. The van der Waals surface area contributed by atoms with Gasteiger partial charge in [0.1, 0.15) is 11.9 Å². The van der Waals surface area contributed by atoms with Gasteiger partial charge in [0.05, 0.1) is 23.1 Å². The maximum atomic E-state index is 13.2. The molecule has 2 unspecified atom stereocenters. The maximum absolute atomic E-state index is 13.2. The van der Waals surface area contributed by atoms with Crippen molar-refractivity contribution in [3.05, 3.63) is 60.2 Å². The average Bonchev–Trinajstić information content (AvgIpc) is 2.86. The molecule has 1 aliphatic rings. The molecule has 2 heterocycles. The molecule has 0 spiro atoms. The van der Waals surface area contributed by atoms with Gasteiger partial charge in [-0.05, 0) is 55.2 Å². The van der Waals surface area contributed by atoms with Gasteiger partial charge in [-0.3, -0.25) is 14.6 Å². The van der Waals surface area contributed by atoms with Crippen LogP contribution in [-0.2, 0) is 26.2 Å². The number of carbonyl (C=O) groups is 2. The van der Waals surface area contributed by atoms with Gasteiger partial charge in [0.15, 0.2) is 0 Å². The molecular weight excluding hydrogens is 459 g/mol. The maximum Gasteiger partial charge on any atom is 0.243 e. The summed E-state index contributed by atoms with van der Waals surface area (Å²) < 4.78 is 40.4. The Morgan fingerprint density at radius 3 is 2.59 bits per heavy atom. The summed E-state index contributed by atoms with van der Waals surface area (Å²) in [6.07, 6.45) is 3.35. The van der Waals surface area contributed by atoms with Crippen LogP contribution in [0.25, 0.3) is 0 Å². The topological polar surface area (TPSA) is 108 Å². The minimum absolute atomic E-state index is 0.00826. The van der Waals surface area contributed by atoms with Crippen molar-refractivity contribution in [2.24, 2.45) is 11.8 Å². The number of hydrogen-bond donors (Lipinski definition) is 2. The predicted molar refractivity (Wildman–Crippen MR) is 125 cm³/mol. The zero-order chi connectivity index (χ0) is 24.7. The van der Waals surface area contributed by atoms with Gasteiger partial charge in [0, 0.05) is 19.3 Å². The van der Waals surface area contributed by atoms with Gasteiger partial charge in [0.25, 0.3) is 0 Å². The van der Waals surface area contributed by atoms with Gasteiger partial charge in [-0.25, -0.2) is 12.8 Å². The first-order chi connectivity index (χ1) is 16.2. The van der Waals surface area contributed by atoms with Crippen LogP contribution in [0.4, 0.5) is 4.39 Å². The summed E-state index contributed by atoms with van der Waals surface area (Å²) in [6, 6.07) is 9.32. The summed E-state index contributed by atoms with van der Waals surface area (Å²) >= 11 is 0. The van der Waals surface area contributed by atoms with Crippen LogP contribution in [0, 0.1) is 17.7 Å². The fourth-order valence-corrected chi connectivity index (χ4v) is 5.42. The van der Waals surface area contributed by atoms with E-state index in [4.69, 9.17) is 0 Å². The fourth-order valence-electron chi connectivity index (χ4n) is 3.89. The van der Waals surface area contributed by atoms with Crippen molar-refractivity contribution in [1.29, 1.82) is 0 Å². The number of piperidine rings is 1. The number of pyridine rings is 1. The molecule has 2 N–H and O–H groups in total. The zero-order valence-electron chi connectivity index (χ0n) is 19.4. The van der Waals surface area contributed by atoms with E-state index < -0.39 is 27.8 Å². The fraction of sp³-hybridized carbons (Fsp3) is 0.458. The van der Waals surface area contributed by atoms with Crippen LogP contribution >= 0.6 is 0 Å². The Balaban J connectivity index is 1.66. The number of nitrogens with zero attached hydrogens (tertiary/aromatic N) is 2. The van der Waals surface area contributed by atoms with Gasteiger partial charge in [-0.2, -0.15) is 4.31 Å². The molecule has 8 nitrogen and oxygen atoms in total. The molecule has 1 saturated heterocycles. The van der Waals surface area contributed by atoms with Crippen molar-refractivity contribution >= 4 is 21.8 Å². The van der Waals surface area contributed by atoms with E-state index in [9.17, 15) is 22.4 Å². The highest BCUT2D eigenvalue weighted by molar-refractivity contribution is 7.89. The van der Waals surface area contributed by atoms with Crippen LogP contribution in [-0.4, -0.2) is 48.7 Å². The van der Waals surface area contributed by atoms with E-state index in [-0.39, 0.29) is 42.3 Å². The second-order valence-corrected chi connectivity index (χ2v) is 10.5. The van der Waals surface area contributed by atoms with Crippen LogP contribution in [0.15, 0.2) is 53.6 Å². The van der Waals surface area contributed by atoms with Crippen LogP contribution in [0.3, 0.4) is 0 Å². The molecule has 1 aromatic carbocycles. The molecule has 3 rings (SSSR count). The Kier molecular flexibility index (Phi) is 8.73. The Morgan fingerprint density at radius 2 is 1.94 bits per heavy atom. The number of rotatable bonds is 9.